The number of hydrogen-bond donors (Lipinski definition) is 0. The molecule has 1 nitrogen and oxygen atoms in total. The van der Waals surface area contributed by atoms with Gasteiger partial charge < -0.3 is 4.74 Å². The molecule has 0 saturated heterocycles. The molecule has 0 aromatic rings. The summed E-state index contributed by atoms with van der Waals surface area (Å²) in [5.74, 6) is 1.83. The van der Waals surface area contributed by atoms with Crippen LogP contribution in [-0.2, 0) is 4.74 Å². The molecular weight excluding hydrogens is 172 g/mol. The number of allylic oxidation sites excluding steroid dienone is 2. The Hall–Kier alpha value is -0.460. The molecule has 1 heterocycles. The van der Waals surface area contributed by atoms with Crippen LogP contribution >= 0.6 is 0 Å². The van der Waals surface area contributed by atoms with E-state index in [2.05, 4.69) is 33.8 Å². The predicted molar refractivity (Wildman–Crippen MR) is 59.0 cm³/mol. The van der Waals surface area contributed by atoms with E-state index in [1.54, 1.807) is 0 Å². The van der Waals surface area contributed by atoms with Gasteiger partial charge in [0.05, 0.1) is 5.76 Å². The lowest BCUT2D eigenvalue weighted by molar-refractivity contribution is -0.117. The minimum absolute atomic E-state index is 0.112. The Balaban J connectivity index is 2.30. The van der Waals surface area contributed by atoms with Crippen molar-refractivity contribution < 1.29 is 4.74 Å². The number of ether oxygens (including phenoxy) is 1. The third kappa shape index (κ3) is 1.47. The molecule has 1 saturated carbocycles. The SMILES string of the molecule is CC1=CC[C@@H]2C(C)(C)CCC[C@]2(C)O1. The van der Waals surface area contributed by atoms with Crippen molar-refractivity contribution in [3.63, 3.8) is 0 Å². The van der Waals surface area contributed by atoms with Crippen molar-refractivity contribution in [3.05, 3.63) is 11.8 Å². The monoisotopic (exact) mass is 194 g/mol. The maximum absolute atomic E-state index is 6.07. The Labute approximate surface area is 87.5 Å². The van der Waals surface area contributed by atoms with Crippen LogP contribution in [0, 0.1) is 11.3 Å². The highest BCUT2D eigenvalue weighted by Crippen LogP contribution is 2.52. The molecule has 0 bridgehead atoms. The highest BCUT2D eigenvalue weighted by Gasteiger charge is 2.48. The molecule has 0 spiro atoms. The van der Waals surface area contributed by atoms with Crippen molar-refractivity contribution in [2.45, 2.75) is 59.0 Å². The molecule has 0 amide bonds. The molecule has 0 aromatic heterocycles. The fourth-order valence-electron chi connectivity index (χ4n) is 3.45. The average Bonchev–Trinajstić information content (AvgIpc) is 2.00. The molecule has 2 atom stereocenters. The maximum atomic E-state index is 6.07. The summed E-state index contributed by atoms with van der Waals surface area (Å²) in [5, 5.41) is 0. The largest absolute Gasteiger partial charge is 0.492 e. The first-order valence-corrected chi connectivity index (χ1v) is 5.80. The van der Waals surface area contributed by atoms with Gasteiger partial charge in [-0.3, -0.25) is 0 Å². The van der Waals surface area contributed by atoms with E-state index in [0.717, 1.165) is 5.76 Å². The Morgan fingerprint density at radius 2 is 2.00 bits per heavy atom. The first-order chi connectivity index (χ1) is 6.44. The van der Waals surface area contributed by atoms with E-state index in [9.17, 15) is 0 Å². The third-order valence-electron chi connectivity index (χ3n) is 4.21. The third-order valence-corrected chi connectivity index (χ3v) is 4.21. The van der Waals surface area contributed by atoms with E-state index in [1.165, 1.54) is 25.7 Å². The molecule has 1 aliphatic heterocycles. The summed E-state index contributed by atoms with van der Waals surface area (Å²) in [6.45, 7) is 9.18. The topological polar surface area (TPSA) is 9.23 Å². The molecule has 14 heavy (non-hydrogen) atoms. The van der Waals surface area contributed by atoms with Crippen LogP contribution in [-0.4, -0.2) is 5.60 Å². The van der Waals surface area contributed by atoms with Crippen LogP contribution in [0.3, 0.4) is 0 Å². The standard InChI is InChI=1S/C13H22O/c1-10-6-7-11-12(2,3)8-5-9-13(11,4)14-10/h6,11H,5,7-9H2,1-4H3/t11-,13+/m1/s1. The molecule has 1 aliphatic carbocycles. The summed E-state index contributed by atoms with van der Waals surface area (Å²) in [5.41, 5.74) is 0.560. The van der Waals surface area contributed by atoms with Gasteiger partial charge in [0.25, 0.3) is 0 Å². The normalized spacial score (nSPS) is 40.9. The van der Waals surface area contributed by atoms with E-state index >= 15 is 0 Å². The van der Waals surface area contributed by atoms with Crippen LogP contribution in [0.4, 0.5) is 0 Å². The van der Waals surface area contributed by atoms with E-state index < -0.39 is 0 Å². The Bertz CT molecular complexity index is 264. The van der Waals surface area contributed by atoms with Crippen LogP contribution in [0.25, 0.3) is 0 Å². The zero-order valence-electron chi connectivity index (χ0n) is 9.89. The minimum atomic E-state index is 0.112. The zero-order chi connectivity index (χ0) is 10.4. The van der Waals surface area contributed by atoms with Crippen LogP contribution in [0.15, 0.2) is 11.8 Å². The van der Waals surface area contributed by atoms with Crippen molar-refractivity contribution >= 4 is 0 Å². The first-order valence-electron chi connectivity index (χ1n) is 5.80. The molecule has 1 heteroatoms. The summed E-state index contributed by atoms with van der Waals surface area (Å²) >= 11 is 0. The van der Waals surface area contributed by atoms with Gasteiger partial charge in [-0.1, -0.05) is 13.8 Å². The van der Waals surface area contributed by atoms with E-state index in [1.807, 2.05) is 0 Å². The minimum Gasteiger partial charge on any atom is -0.492 e. The number of fused-ring (bicyclic) bond motifs is 1. The van der Waals surface area contributed by atoms with Crippen molar-refractivity contribution in [1.29, 1.82) is 0 Å². The van der Waals surface area contributed by atoms with Gasteiger partial charge >= 0.3 is 0 Å². The highest BCUT2D eigenvalue weighted by molar-refractivity contribution is 5.08. The molecule has 1 fully saturated rings. The molecule has 0 radical (unpaired) electrons. The predicted octanol–water partition coefficient (Wildman–Crippen LogP) is 3.90. The van der Waals surface area contributed by atoms with Gasteiger partial charge in [0, 0.05) is 5.92 Å². The smallest absolute Gasteiger partial charge is 0.109 e. The lowest BCUT2D eigenvalue weighted by Crippen LogP contribution is -2.49. The van der Waals surface area contributed by atoms with Crippen LogP contribution in [0.2, 0.25) is 0 Å². The molecular formula is C13H22O. The fraction of sp³-hybridized carbons (Fsp3) is 0.846. The van der Waals surface area contributed by atoms with Gasteiger partial charge in [0.2, 0.25) is 0 Å². The van der Waals surface area contributed by atoms with Crippen LogP contribution in [0.5, 0.6) is 0 Å². The molecule has 0 unspecified atom stereocenters. The zero-order valence-corrected chi connectivity index (χ0v) is 9.89. The summed E-state index contributed by atoms with van der Waals surface area (Å²) in [6, 6.07) is 0. The van der Waals surface area contributed by atoms with E-state index in [-0.39, 0.29) is 5.60 Å². The maximum Gasteiger partial charge on any atom is 0.109 e. The second kappa shape index (κ2) is 3.01. The van der Waals surface area contributed by atoms with Crippen LogP contribution < -0.4 is 0 Å². The summed E-state index contributed by atoms with van der Waals surface area (Å²) in [7, 11) is 0. The van der Waals surface area contributed by atoms with E-state index in [4.69, 9.17) is 4.74 Å². The average molecular weight is 194 g/mol. The number of rotatable bonds is 0. The van der Waals surface area contributed by atoms with Gasteiger partial charge in [-0.2, -0.15) is 0 Å². The van der Waals surface area contributed by atoms with E-state index in [0.29, 0.717) is 11.3 Å². The lowest BCUT2D eigenvalue weighted by atomic mass is 9.60. The Kier molecular flexibility index (Phi) is 2.17. The van der Waals surface area contributed by atoms with Gasteiger partial charge in [-0.05, 0) is 51.0 Å². The molecule has 0 aromatic carbocycles. The fourth-order valence-corrected chi connectivity index (χ4v) is 3.45. The molecule has 80 valence electrons. The Morgan fingerprint density at radius 3 is 2.71 bits per heavy atom. The van der Waals surface area contributed by atoms with Crippen molar-refractivity contribution in [2.24, 2.45) is 11.3 Å². The summed E-state index contributed by atoms with van der Waals surface area (Å²) in [4.78, 5) is 0. The Morgan fingerprint density at radius 1 is 1.29 bits per heavy atom. The van der Waals surface area contributed by atoms with Crippen LogP contribution in [0.1, 0.15) is 53.4 Å². The number of hydrogen-bond acceptors (Lipinski definition) is 1. The second-order valence-electron chi connectivity index (χ2n) is 5.86. The quantitative estimate of drug-likeness (QED) is 0.568. The summed E-state index contributed by atoms with van der Waals surface area (Å²) < 4.78 is 6.07. The van der Waals surface area contributed by atoms with Gasteiger partial charge in [0.15, 0.2) is 0 Å². The van der Waals surface area contributed by atoms with Gasteiger partial charge in [-0.25, -0.2) is 0 Å². The second-order valence-corrected chi connectivity index (χ2v) is 5.86. The van der Waals surface area contributed by atoms with Crippen molar-refractivity contribution in [3.8, 4) is 0 Å². The highest BCUT2D eigenvalue weighted by atomic mass is 16.5. The summed E-state index contributed by atoms with van der Waals surface area (Å²) in [6.07, 6.45) is 7.36. The molecule has 2 rings (SSSR count). The van der Waals surface area contributed by atoms with Crippen molar-refractivity contribution in [1.82, 2.24) is 0 Å². The first kappa shape index (κ1) is 10.1. The van der Waals surface area contributed by atoms with Crippen molar-refractivity contribution in [2.75, 3.05) is 0 Å². The van der Waals surface area contributed by atoms with Gasteiger partial charge in [-0.15, -0.1) is 0 Å². The molecule has 0 N–H and O–H groups in total. The molecule has 2 aliphatic rings. The lowest BCUT2D eigenvalue weighted by Gasteiger charge is -2.52. The van der Waals surface area contributed by atoms with Gasteiger partial charge in [0.1, 0.15) is 5.60 Å².